The Labute approximate surface area is 142 Å². The summed E-state index contributed by atoms with van der Waals surface area (Å²) in [5.74, 6) is -0.592. The van der Waals surface area contributed by atoms with Gasteiger partial charge in [0.15, 0.2) is 0 Å². The molecule has 0 unspecified atom stereocenters. The predicted octanol–water partition coefficient (Wildman–Crippen LogP) is 1.34. The van der Waals surface area contributed by atoms with E-state index in [2.05, 4.69) is 10.3 Å². The fourth-order valence-electron chi connectivity index (χ4n) is 1.71. The van der Waals surface area contributed by atoms with Crippen LogP contribution >= 0.6 is 24.8 Å². The Morgan fingerprint density at radius 3 is 2.41 bits per heavy atom. The number of methoxy groups -OCH3 is 1. The number of anilines is 1. The van der Waals surface area contributed by atoms with Crippen molar-refractivity contribution >= 4 is 42.3 Å². The molecule has 7 nitrogen and oxygen atoms in total. The average molecular weight is 353 g/mol. The van der Waals surface area contributed by atoms with Crippen LogP contribution in [0.1, 0.15) is 30.6 Å². The fraction of sp³-hybridized carbons (Fsp3) is 0.462. The molecule has 0 aliphatic rings. The lowest BCUT2D eigenvalue weighted by Crippen LogP contribution is -2.36. The number of nitrogens with zero attached hydrogens (tertiary/aromatic N) is 1. The van der Waals surface area contributed by atoms with E-state index in [-0.39, 0.29) is 42.2 Å². The van der Waals surface area contributed by atoms with Crippen molar-refractivity contribution in [1.82, 2.24) is 4.98 Å². The van der Waals surface area contributed by atoms with Gasteiger partial charge in [-0.05, 0) is 18.4 Å². The monoisotopic (exact) mass is 352 g/mol. The number of rotatable bonds is 6. The molecule has 0 spiro atoms. The number of carbonyl (C=O) groups excluding carboxylic acids is 2. The average Bonchev–Trinajstić information content (AvgIpc) is 2.37. The van der Waals surface area contributed by atoms with Crippen molar-refractivity contribution in [2.75, 3.05) is 12.4 Å². The Bertz CT molecular complexity index is 512. The molecule has 1 aromatic rings. The molecule has 1 atom stereocenters. The first kappa shape index (κ1) is 22.7. The summed E-state index contributed by atoms with van der Waals surface area (Å²) in [6, 6.07) is 0.794. The molecule has 2 amide bonds. The fourth-order valence-corrected chi connectivity index (χ4v) is 1.71. The van der Waals surface area contributed by atoms with Crippen molar-refractivity contribution in [1.29, 1.82) is 0 Å². The van der Waals surface area contributed by atoms with Gasteiger partial charge in [-0.15, -0.1) is 24.8 Å². The van der Waals surface area contributed by atoms with Gasteiger partial charge in [0.25, 0.3) is 5.91 Å². The molecule has 0 bridgehead atoms. The molecule has 0 aromatic carbocycles. The zero-order valence-electron chi connectivity index (χ0n) is 12.7. The molecule has 1 rings (SSSR count). The number of carbonyl (C=O) groups is 2. The number of halogens is 2. The third-order valence-corrected chi connectivity index (χ3v) is 2.64. The van der Waals surface area contributed by atoms with Crippen molar-refractivity contribution in [3.8, 4) is 5.88 Å². The van der Waals surface area contributed by atoms with Crippen LogP contribution in [0.15, 0.2) is 12.3 Å². The second-order valence-electron chi connectivity index (χ2n) is 4.87. The number of amides is 2. The molecule has 0 saturated heterocycles. The molecule has 0 fully saturated rings. The van der Waals surface area contributed by atoms with E-state index in [0.29, 0.717) is 18.0 Å². The van der Waals surface area contributed by atoms with E-state index >= 15 is 0 Å². The highest BCUT2D eigenvalue weighted by Gasteiger charge is 2.17. The number of ether oxygens (including phenoxy) is 1. The number of pyridine rings is 1. The first-order valence-corrected chi connectivity index (χ1v) is 6.25. The van der Waals surface area contributed by atoms with E-state index in [1.807, 2.05) is 13.8 Å². The Hall–Kier alpha value is -1.57. The number of hydrogen-bond acceptors (Lipinski definition) is 5. The number of hydrogen-bond donors (Lipinski definition) is 3. The van der Waals surface area contributed by atoms with Gasteiger partial charge in [0.05, 0.1) is 25.0 Å². The molecular weight excluding hydrogens is 331 g/mol. The van der Waals surface area contributed by atoms with Crippen molar-refractivity contribution in [2.24, 2.45) is 17.4 Å². The second kappa shape index (κ2) is 10.2. The van der Waals surface area contributed by atoms with Gasteiger partial charge in [-0.2, -0.15) is 0 Å². The molecule has 126 valence electrons. The summed E-state index contributed by atoms with van der Waals surface area (Å²) in [4.78, 5) is 27.0. The maximum atomic E-state index is 11.9. The van der Waals surface area contributed by atoms with E-state index in [1.165, 1.54) is 19.4 Å². The summed E-state index contributed by atoms with van der Waals surface area (Å²) in [7, 11) is 1.38. The zero-order valence-corrected chi connectivity index (χ0v) is 14.3. The van der Waals surface area contributed by atoms with Gasteiger partial charge in [0.2, 0.25) is 11.8 Å². The van der Waals surface area contributed by atoms with E-state index in [0.717, 1.165) is 0 Å². The van der Waals surface area contributed by atoms with Gasteiger partial charge in [-0.3, -0.25) is 9.59 Å². The zero-order chi connectivity index (χ0) is 15.3. The van der Waals surface area contributed by atoms with Crippen molar-refractivity contribution in [3.63, 3.8) is 0 Å². The first-order valence-electron chi connectivity index (χ1n) is 6.25. The summed E-state index contributed by atoms with van der Waals surface area (Å²) >= 11 is 0. The molecule has 5 N–H and O–H groups in total. The predicted molar refractivity (Wildman–Crippen MR) is 89.9 cm³/mol. The highest BCUT2D eigenvalue weighted by Crippen LogP contribution is 2.19. The van der Waals surface area contributed by atoms with Gasteiger partial charge in [-0.25, -0.2) is 4.98 Å². The van der Waals surface area contributed by atoms with E-state index < -0.39 is 11.9 Å². The third kappa shape index (κ3) is 6.46. The molecule has 0 aliphatic heterocycles. The Balaban J connectivity index is 0. The first-order chi connectivity index (χ1) is 9.35. The minimum absolute atomic E-state index is 0. The molecule has 1 aromatic heterocycles. The lowest BCUT2D eigenvalue weighted by Gasteiger charge is -2.14. The molecular formula is C13H22Cl2N4O3. The van der Waals surface area contributed by atoms with Crippen LogP contribution in [0, 0.1) is 5.92 Å². The number of nitrogens with two attached hydrogens (primary N) is 2. The maximum absolute atomic E-state index is 11.9. The highest BCUT2D eigenvalue weighted by molar-refractivity contribution is 5.98. The summed E-state index contributed by atoms with van der Waals surface area (Å²) in [5, 5.41) is 2.60. The standard InChI is InChI=1S/C13H20N4O3.2ClH/c1-7(2)4-10(14)12(19)17-8-5-9(11(15)18)13(20-3)16-6-8;;/h5-7,10H,4,14H2,1-3H3,(H2,15,18)(H,17,19);2*1H/t10-;;/m0../s1. The largest absolute Gasteiger partial charge is 0.480 e. The van der Waals surface area contributed by atoms with E-state index in [9.17, 15) is 9.59 Å². The molecule has 9 heteroatoms. The van der Waals surface area contributed by atoms with Crippen LogP contribution in [0.4, 0.5) is 5.69 Å². The lowest BCUT2D eigenvalue weighted by atomic mass is 10.0. The SMILES string of the molecule is COc1ncc(NC(=O)[C@@H](N)CC(C)C)cc1C(N)=O.Cl.Cl. The summed E-state index contributed by atoms with van der Waals surface area (Å²) in [5.41, 5.74) is 11.4. The van der Waals surface area contributed by atoms with Crippen LogP contribution in [0.2, 0.25) is 0 Å². The second-order valence-corrected chi connectivity index (χ2v) is 4.87. The van der Waals surface area contributed by atoms with Crippen molar-refractivity contribution in [3.05, 3.63) is 17.8 Å². The smallest absolute Gasteiger partial charge is 0.254 e. The molecule has 1 heterocycles. The quantitative estimate of drug-likeness (QED) is 0.713. The van der Waals surface area contributed by atoms with Crippen LogP contribution in [0.5, 0.6) is 5.88 Å². The van der Waals surface area contributed by atoms with Gasteiger partial charge < -0.3 is 21.5 Å². The lowest BCUT2D eigenvalue weighted by molar-refractivity contribution is -0.117. The number of nitrogens with one attached hydrogen (secondary N) is 1. The maximum Gasteiger partial charge on any atom is 0.254 e. The molecule has 22 heavy (non-hydrogen) atoms. The normalized spacial score (nSPS) is 11.0. The Kier molecular flexibility index (Phi) is 10.5. The van der Waals surface area contributed by atoms with E-state index in [4.69, 9.17) is 16.2 Å². The van der Waals surface area contributed by atoms with Crippen LogP contribution in [-0.4, -0.2) is 29.9 Å². The van der Waals surface area contributed by atoms with Crippen LogP contribution in [0.25, 0.3) is 0 Å². The summed E-state index contributed by atoms with van der Waals surface area (Å²) in [6.07, 6.45) is 1.95. The number of aromatic nitrogens is 1. The van der Waals surface area contributed by atoms with Crippen molar-refractivity contribution < 1.29 is 14.3 Å². The van der Waals surface area contributed by atoms with Gasteiger partial charge in [-0.1, -0.05) is 13.8 Å². The van der Waals surface area contributed by atoms with Crippen LogP contribution < -0.4 is 21.5 Å². The molecule has 0 radical (unpaired) electrons. The third-order valence-electron chi connectivity index (χ3n) is 2.64. The Morgan fingerprint density at radius 1 is 1.36 bits per heavy atom. The minimum Gasteiger partial charge on any atom is -0.480 e. The molecule has 0 saturated carbocycles. The van der Waals surface area contributed by atoms with Crippen LogP contribution in [0.3, 0.4) is 0 Å². The summed E-state index contributed by atoms with van der Waals surface area (Å²) in [6.45, 7) is 3.96. The minimum atomic E-state index is -0.683. The topological polar surface area (TPSA) is 120 Å². The van der Waals surface area contributed by atoms with Gasteiger partial charge in [0.1, 0.15) is 5.56 Å². The molecule has 0 aliphatic carbocycles. The highest BCUT2D eigenvalue weighted by atomic mass is 35.5. The van der Waals surface area contributed by atoms with Crippen LogP contribution in [-0.2, 0) is 4.79 Å². The van der Waals surface area contributed by atoms with E-state index in [1.54, 1.807) is 0 Å². The Morgan fingerprint density at radius 2 is 1.95 bits per heavy atom. The number of primary amides is 1. The summed E-state index contributed by atoms with van der Waals surface area (Å²) < 4.78 is 4.92. The van der Waals surface area contributed by atoms with Gasteiger partial charge >= 0.3 is 0 Å². The van der Waals surface area contributed by atoms with Crippen molar-refractivity contribution in [2.45, 2.75) is 26.3 Å². The van der Waals surface area contributed by atoms with Gasteiger partial charge in [0, 0.05) is 0 Å².